The van der Waals surface area contributed by atoms with E-state index in [2.05, 4.69) is 5.32 Å². The van der Waals surface area contributed by atoms with Crippen LogP contribution in [0.5, 0.6) is 0 Å². The molecule has 1 aliphatic heterocycles. The van der Waals surface area contributed by atoms with Crippen LogP contribution in [0.1, 0.15) is 19.8 Å². The van der Waals surface area contributed by atoms with E-state index < -0.39 is 6.10 Å². The van der Waals surface area contributed by atoms with Gasteiger partial charge in [-0.3, -0.25) is 0 Å². The van der Waals surface area contributed by atoms with Gasteiger partial charge in [-0.05, 0) is 26.3 Å². The van der Waals surface area contributed by atoms with Crippen LogP contribution in [0, 0.1) is 0 Å². The number of aliphatic hydroxyl groups excluding tert-OH is 1. The summed E-state index contributed by atoms with van der Waals surface area (Å²) >= 11 is 0. The molecule has 1 saturated heterocycles. The van der Waals surface area contributed by atoms with Crippen molar-refractivity contribution in [3.05, 3.63) is 0 Å². The van der Waals surface area contributed by atoms with E-state index >= 15 is 0 Å². The highest BCUT2D eigenvalue weighted by atomic mass is 16.5. The fourth-order valence-electron chi connectivity index (χ4n) is 1.51. The standard InChI is InChI=1S/C10H21NO3/c1-2-13-7-9(12)8-14-10-4-3-5-11-6-10/h9-12H,2-8H2,1H3/t9?,10-/m0/s1. The van der Waals surface area contributed by atoms with Gasteiger partial charge in [-0.2, -0.15) is 0 Å². The maximum atomic E-state index is 9.44. The zero-order valence-corrected chi connectivity index (χ0v) is 8.87. The number of piperidine rings is 1. The normalized spacial score (nSPS) is 24.9. The lowest BCUT2D eigenvalue weighted by atomic mass is 10.1. The SMILES string of the molecule is CCOCC(O)CO[C@H]1CCCNC1. The maximum absolute atomic E-state index is 9.44. The van der Waals surface area contributed by atoms with Crippen LogP contribution in [-0.4, -0.2) is 50.2 Å². The Morgan fingerprint density at radius 1 is 1.50 bits per heavy atom. The zero-order valence-electron chi connectivity index (χ0n) is 8.87. The monoisotopic (exact) mass is 203 g/mol. The summed E-state index contributed by atoms with van der Waals surface area (Å²) in [4.78, 5) is 0. The lowest BCUT2D eigenvalue weighted by Gasteiger charge is -2.24. The molecule has 4 heteroatoms. The van der Waals surface area contributed by atoms with Crippen molar-refractivity contribution in [2.45, 2.75) is 32.0 Å². The van der Waals surface area contributed by atoms with Crippen molar-refractivity contribution >= 4 is 0 Å². The number of nitrogens with one attached hydrogen (secondary N) is 1. The van der Waals surface area contributed by atoms with Gasteiger partial charge in [0.1, 0.15) is 6.10 Å². The van der Waals surface area contributed by atoms with Gasteiger partial charge in [0.15, 0.2) is 0 Å². The van der Waals surface area contributed by atoms with Crippen LogP contribution in [-0.2, 0) is 9.47 Å². The molecular formula is C10H21NO3. The Balaban J connectivity index is 2.00. The van der Waals surface area contributed by atoms with Crippen LogP contribution in [0.3, 0.4) is 0 Å². The molecule has 2 atom stereocenters. The van der Waals surface area contributed by atoms with Crippen molar-refractivity contribution in [1.82, 2.24) is 5.32 Å². The van der Waals surface area contributed by atoms with Gasteiger partial charge in [0.05, 0.1) is 19.3 Å². The summed E-state index contributed by atoms with van der Waals surface area (Å²) < 4.78 is 10.6. The van der Waals surface area contributed by atoms with E-state index in [1.165, 1.54) is 0 Å². The van der Waals surface area contributed by atoms with E-state index in [4.69, 9.17) is 9.47 Å². The highest BCUT2D eigenvalue weighted by Gasteiger charge is 2.14. The first kappa shape index (κ1) is 11.9. The van der Waals surface area contributed by atoms with Crippen molar-refractivity contribution in [3.63, 3.8) is 0 Å². The van der Waals surface area contributed by atoms with E-state index in [0.29, 0.717) is 19.8 Å². The second-order valence-electron chi connectivity index (χ2n) is 3.61. The zero-order chi connectivity index (χ0) is 10.2. The molecule has 1 aliphatic rings. The Kier molecular flexibility index (Phi) is 6.10. The average molecular weight is 203 g/mol. The van der Waals surface area contributed by atoms with Crippen LogP contribution < -0.4 is 5.32 Å². The summed E-state index contributed by atoms with van der Waals surface area (Å²) in [7, 11) is 0. The number of aliphatic hydroxyl groups is 1. The van der Waals surface area contributed by atoms with Gasteiger partial charge in [-0.1, -0.05) is 0 Å². The molecule has 4 nitrogen and oxygen atoms in total. The highest BCUT2D eigenvalue weighted by molar-refractivity contribution is 4.69. The number of rotatable bonds is 6. The maximum Gasteiger partial charge on any atom is 0.101 e. The molecule has 2 N–H and O–H groups in total. The fourth-order valence-corrected chi connectivity index (χ4v) is 1.51. The number of ether oxygens (including phenoxy) is 2. The highest BCUT2D eigenvalue weighted by Crippen LogP contribution is 2.06. The van der Waals surface area contributed by atoms with Gasteiger partial charge in [0, 0.05) is 13.2 Å². The van der Waals surface area contributed by atoms with Gasteiger partial charge in [-0.25, -0.2) is 0 Å². The molecule has 0 amide bonds. The Morgan fingerprint density at radius 3 is 3.00 bits per heavy atom. The summed E-state index contributed by atoms with van der Waals surface area (Å²) in [5.41, 5.74) is 0. The third-order valence-electron chi connectivity index (χ3n) is 2.29. The first-order valence-corrected chi connectivity index (χ1v) is 5.41. The molecule has 0 spiro atoms. The van der Waals surface area contributed by atoms with Gasteiger partial charge in [0.2, 0.25) is 0 Å². The minimum Gasteiger partial charge on any atom is -0.388 e. The third-order valence-corrected chi connectivity index (χ3v) is 2.29. The van der Waals surface area contributed by atoms with Crippen LogP contribution in [0.2, 0.25) is 0 Å². The smallest absolute Gasteiger partial charge is 0.101 e. The third kappa shape index (κ3) is 4.91. The average Bonchev–Trinajstić information content (AvgIpc) is 2.25. The molecule has 0 aromatic heterocycles. The fraction of sp³-hybridized carbons (Fsp3) is 1.00. The number of hydrogen-bond donors (Lipinski definition) is 2. The molecular weight excluding hydrogens is 182 g/mol. The van der Waals surface area contributed by atoms with E-state index in [1.54, 1.807) is 0 Å². The van der Waals surface area contributed by atoms with Gasteiger partial charge in [-0.15, -0.1) is 0 Å². The quantitative estimate of drug-likeness (QED) is 0.645. The second-order valence-corrected chi connectivity index (χ2v) is 3.61. The molecule has 0 bridgehead atoms. The van der Waals surface area contributed by atoms with Crippen molar-refractivity contribution in [2.24, 2.45) is 0 Å². The first-order chi connectivity index (χ1) is 6.83. The Hall–Kier alpha value is -0.160. The second kappa shape index (κ2) is 7.17. The van der Waals surface area contributed by atoms with Gasteiger partial charge in [0.25, 0.3) is 0 Å². The Labute approximate surface area is 85.6 Å². The van der Waals surface area contributed by atoms with E-state index in [0.717, 1.165) is 25.9 Å². The molecule has 0 aromatic rings. The molecule has 0 radical (unpaired) electrons. The van der Waals surface area contributed by atoms with Crippen LogP contribution in [0.4, 0.5) is 0 Å². The first-order valence-electron chi connectivity index (χ1n) is 5.41. The summed E-state index contributed by atoms with van der Waals surface area (Å²) in [5.74, 6) is 0. The summed E-state index contributed by atoms with van der Waals surface area (Å²) in [5, 5.41) is 12.7. The molecule has 84 valence electrons. The lowest BCUT2D eigenvalue weighted by Crippen LogP contribution is -2.37. The van der Waals surface area contributed by atoms with Crippen LogP contribution >= 0.6 is 0 Å². The molecule has 0 aliphatic carbocycles. The lowest BCUT2D eigenvalue weighted by molar-refractivity contribution is -0.0475. The Bertz CT molecular complexity index is 137. The van der Waals surface area contributed by atoms with E-state index in [1.807, 2.05) is 6.92 Å². The predicted octanol–water partition coefficient (Wildman–Crippen LogP) is 0.152. The summed E-state index contributed by atoms with van der Waals surface area (Å²) in [6, 6.07) is 0. The van der Waals surface area contributed by atoms with Gasteiger partial charge < -0.3 is 19.9 Å². The van der Waals surface area contributed by atoms with Gasteiger partial charge >= 0.3 is 0 Å². The molecule has 1 fully saturated rings. The summed E-state index contributed by atoms with van der Waals surface area (Å²) in [6.45, 7) is 5.30. The van der Waals surface area contributed by atoms with Crippen molar-refractivity contribution in [2.75, 3.05) is 32.9 Å². The van der Waals surface area contributed by atoms with Crippen molar-refractivity contribution in [3.8, 4) is 0 Å². The summed E-state index contributed by atoms with van der Waals surface area (Å²) in [6.07, 6.45) is 2.03. The molecule has 0 aromatic carbocycles. The minimum atomic E-state index is -0.489. The Morgan fingerprint density at radius 2 is 2.36 bits per heavy atom. The van der Waals surface area contributed by atoms with Crippen LogP contribution in [0.25, 0.3) is 0 Å². The van der Waals surface area contributed by atoms with E-state index in [-0.39, 0.29) is 6.10 Å². The van der Waals surface area contributed by atoms with Crippen LogP contribution in [0.15, 0.2) is 0 Å². The van der Waals surface area contributed by atoms with Crippen molar-refractivity contribution in [1.29, 1.82) is 0 Å². The number of hydrogen-bond acceptors (Lipinski definition) is 4. The molecule has 1 heterocycles. The molecule has 0 saturated carbocycles. The predicted molar refractivity (Wildman–Crippen MR) is 54.3 cm³/mol. The van der Waals surface area contributed by atoms with Crippen molar-refractivity contribution < 1.29 is 14.6 Å². The van der Waals surface area contributed by atoms with E-state index in [9.17, 15) is 5.11 Å². The molecule has 1 rings (SSSR count). The molecule has 14 heavy (non-hydrogen) atoms. The molecule has 1 unspecified atom stereocenters. The largest absolute Gasteiger partial charge is 0.388 e. The minimum absolute atomic E-state index is 0.264. The topological polar surface area (TPSA) is 50.7 Å².